The van der Waals surface area contributed by atoms with Crippen LogP contribution in [0, 0.1) is 0 Å². The minimum absolute atomic E-state index is 0.0148. The summed E-state index contributed by atoms with van der Waals surface area (Å²) in [6, 6.07) is 15.3. The third kappa shape index (κ3) is 2.64. The lowest BCUT2D eigenvalue weighted by Crippen LogP contribution is -2.12. The first-order chi connectivity index (χ1) is 10.1. The van der Waals surface area contributed by atoms with Crippen LogP contribution >= 0.6 is 11.3 Å². The van der Waals surface area contributed by atoms with Crippen LogP contribution in [0.5, 0.6) is 5.75 Å². The molecule has 0 aliphatic rings. The zero-order chi connectivity index (χ0) is 14.8. The Morgan fingerprint density at radius 2 is 1.76 bits per heavy atom. The number of anilines is 1. The molecule has 0 atom stereocenters. The molecular weight excluding hydrogens is 286 g/mol. The van der Waals surface area contributed by atoms with Crippen molar-refractivity contribution in [1.29, 1.82) is 0 Å². The maximum atomic E-state index is 12.2. The summed E-state index contributed by atoms with van der Waals surface area (Å²) in [6.45, 7) is 0. The largest absolute Gasteiger partial charge is 0.506 e. The topological polar surface area (TPSA) is 66.4 Å². The van der Waals surface area contributed by atoms with Crippen LogP contribution in [-0.2, 0) is 0 Å². The monoisotopic (exact) mass is 297 g/mol. The number of rotatable bonds is 2. The van der Waals surface area contributed by atoms with E-state index in [0.29, 0.717) is 16.0 Å². The molecule has 3 rings (SSSR count). The smallest absolute Gasteiger partial charge is 0.265 e. The Balaban J connectivity index is 1.99. The van der Waals surface area contributed by atoms with Gasteiger partial charge in [-0.25, -0.2) is 0 Å². The summed E-state index contributed by atoms with van der Waals surface area (Å²) < 4.78 is -0.157. The number of aromatic hydroxyl groups is 1. The molecule has 5 heteroatoms. The lowest BCUT2D eigenvalue weighted by atomic mass is 10.2. The Hall–Kier alpha value is -2.66. The summed E-state index contributed by atoms with van der Waals surface area (Å²) >= 11 is 0.891. The first-order valence-electron chi connectivity index (χ1n) is 6.27. The second kappa shape index (κ2) is 5.38. The highest BCUT2D eigenvalue weighted by Crippen LogP contribution is 2.23. The van der Waals surface area contributed by atoms with E-state index in [4.69, 9.17) is 0 Å². The number of nitrogens with one attached hydrogen (secondary N) is 1. The Labute approximate surface area is 124 Å². The third-order valence-corrected chi connectivity index (χ3v) is 3.97. The molecule has 0 unspecified atom stereocenters. The zero-order valence-electron chi connectivity index (χ0n) is 10.9. The molecule has 0 spiro atoms. The van der Waals surface area contributed by atoms with Gasteiger partial charge in [0.15, 0.2) is 0 Å². The number of phenolic OH excluding ortho intramolecular Hbond substituents is 1. The number of carbonyl (C=O) groups excluding carboxylic acids is 1. The van der Waals surface area contributed by atoms with Gasteiger partial charge in [-0.05, 0) is 29.7 Å². The van der Waals surface area contributed by atoms with Crippen LogP contribution < -0.4 is 10.1 Å². The van der Waals surface area contributed by atoms with E-state index < -0.39 is 5.91 Å². The number of benzene rings is 2. The molecule has 4 nitrogen and oxygen atoms in total. The van der Waals surface area contributed by atoms with Crippen molar-refractivity contribution >= 4 is 33.7 Å². The second-order valence-electron chi connectivity index (χ2n) is 4.46. The fourth-order valence-corrected chi connectivity index (χ4v) is 2.83. The first kappa shape index (κ1) is 13.3. The van der Waals surface area contributed by atoms with E-state index in [9.17, 15) is 14.7 Å². The number of amides is 1. The van der Waals surface area contributed by atoms with Gasteiger partial charge in [0.2, 0.25) is 4.74 Å². The highest BCUT2D eigenvalue weighted by atomic mass is 32.1. The molecule has 0 saturated heterocycles. The molecule has 0 aliphatic carbocycles. The summed E-state index contributed by atoms with van der Waals surface area (Å²) in [7, 11) is 0. The molecule has 0 fully saturated rings. The third-order valence-electron chi connectivity index (χ3n) is 3.05. The minimum atomic E-state index is -0.413. The summed E-state index contributed by atoms with van der Waals surface area (Å²) in [6.07, 6.45) is 0. The number of hydrogen-bond donors (Lipinski definition) is 2. The van der Waals surface area contributed by atoms with Gasteiger partial charge in [-0.1, -0.05) is 41.7 Å². The summed E-state index contributed by atoms with van der Waals surface area (Å²) in [5, 5.41) is 13.6. The van der Waals surface area contributed by atoms with E-state index >= 15 is 0 Å². The quantitative estimate of drug-likeness (QED) is 0.714. The molecule has 1 heterocycles. The number of para-hydroxylation sites is 2. The highest BCUT2D eigenvalue weighted by Gasteiger charge is 2.12. The molecule has 1 amide bonds. The lowest BCUT2D eigenvalue weighted by molar-refractivity contribution is 0.103. The van der Waals surface area contributed by atoms with Gasteiger partial charge in [0, 0.05) is 5.39 Å². The van der Waals surface area contributed by atoms with Crippen LogP contribution in [0.15, 0.2) is 59.4 Å². The van der Waals surface area contributed by atoms with Crippen LogP contribution in [0.4, 0.5) is 5.69 Å². The molecule has 104 valence electrons. The fraction of sp³-hybridized carbons (Fsp3) is 0. The van der Waals surface area contributed by atoms with Gasteiger partial charge in [0.25, 0.3) is 5.91 Å². The number of carbonyl (C=O) groups is 1. The van der Waals surface area contributed by atoms with Crippen molar-refractivity contribution in [3.05, 3.63) is 69.0 Å². The van der Waals surface area contributed by atoms with Crippen molar-refractivity contribution < 1.29 is 9.90 Å². The van der Waals surface area contributed by atoms with Gasteiger partial charge in [-0.3, -0.25) is 9.59 Å². The van der Waals surface area contributed by atoms with Crippen molar-refractivity contribution in [3.8, 4) is 5.75 Å². The SMILES string of the molecule is O=C(Nc1ccccc1O)c1cc2ccccc2c(=O)s1. The molecule has 3 aromatic rings. The van der Waals surface area contributed by atoms with E-state index in [0.717, 1.165) is 16.7 Å². The molecule has 1 aromatic heterocycles. The lowest BCUT2D eigenvalue weighted by Gasteiger charge is -2.07. The van der Waals surface area contributed by atoms with Gasteiger partial charge in [0.05, 0.1) is 10.6 Å². The standard InChI is InChI=1S/C16H11NO3S/c18-13-8-4-3-7-12(13)17-15(19)14-9-10-5-1-2-6-11(10)16(20)21-14/h1-9,18H,(H,17,19). The van der Waals surface area contributed by atoms with Gasteiger partial charge in [0.1, 0.15) is 5.75 Å². The van der Waals surface area contributed by atoms with E-state index in [1.165, 1.54) is 6.07 Å². The summed E-state index contributed by atoms with van der Waals surface area (Å²) in [4.78, 5) is 24.5. The van der Waals surface area contributed by atoms with Crippen molar-refractivity contribution in [2.75, 3.05) is 5.32 Å². The van der Waals surface area contributed by atoms with Crippen LogP contribution in [-0.4, -0.2) is 11.0 Å². The highest BCUT2D eigenvalue weighted by molar-refractivity contribution is 7.12. The predicted molar refractivity (Wildman–Crippen MR) is 84.2 cm³/mol. The van der Waals surface area contributed by atoms with Gasteiger partial charge in [-0.2, -0.15) is 0 Å². The fourth-order valence-electron chi connectivity index (χ4n) is 2.01. The van der Waals surface area contributed by atoms with Crippen LogP contribution in [0.1, 0.15) is 9.67 Å². The van der Waals surface area contributed by atoms with Crippen LogP contribution in [0.3, 0.4) is 0 Å². The van der Waals surface area contributed by atoms with Crippen molar-refractivity contribution in [2.24, 2.45) is 0 Å². The minimum Gasteiger partial charge on any atom is -0.506 e. The first-order valence-corrected chi connectivity index (χ1v) is 7.09. The van der Waals surface area contributed by atoms with Gasteiger partial charge in [-0.15, -0.1) is 0 Å². The normalized spacial score (nSPS) is 10.5. The predicted octanol–water partition coefficient (Wildman–Crippen LogP) is 3.22. The van der Waals surface area contributed by atoms with Crippen molar-refractivity contribution in [2.45, 2.75) is 0 Å². The molecule has 0 bridgehead atoms. The Morgan fingerprint density at radius 3 is 2.57 bits per heavy atom. The maximum absolute atomic E-state index is 12.2. The molecule has 0 aliphatic heterocycles. The van der Waals surface area contributed by atoms with Crippen molar-refractivity contribution in [1.82, 2.24) is 0 Å². The number of phenols is 1. The van der Waals surface area contributed by atoms with E-state index in [-0.39, 0.29) is 10.5 Å². The molecule has 2 aromatic carbocycles. The average Bonchev–Trinajstić information content (AvgIpc) is 2.49. The van der Waals surface area contributed by atoms with Gasteiger partial charge >= 0.3 is 0 Å². The van der Waals surface area contributed by atoms with E-state index in [2.05, 4.69) is 5.32 Å². The summed E-state index contributed by atoms with van der Waals surface area (Å²) in [5.41, 5.74) is 0.315. The Kier molecular flexibility index (Phi) is 3.41. The van der Waals surface area contributed by atoms with E-state index in [1.54, 1.807) is 42.5 Å². The molecule has 2 N–H and O–H groups in total. The maximum Gasteiger partial charge on any atom is 0.265 e. The molecule has 0 radical (unpaired) electrons. The Morgan fingerprint density at radius 1 is 1.05 bits per heavy atom. The number of fused-ring (bicyclic) bond motifs is 1. The molecule has 0 saturated carbocycles. The molecule has 21 heavy (non-hydrogen) atoms. The summed E-state index contributed by atoms with van der Waals surface area (Å²) in [5.74, 6) is -0.427. The van der Waals surface area contributed by atoms with Crippen LogP contribution in [0.25, 0.3) is 10.8 Å². The zero-order valence-corrected chi connectivity index (χ0v) is 11.7. The van der Waals surface area contributed by atoms with E-state index in [1.807, 2.05) is 6.07 Å². The second-order valence-corrected chi connectivity index (χ2v) is 5.47. The average molecular weight is 297 g/mol. The molecular formula is C16H11NO3S. The number of hydrogen-bond acceptors (Lipinski definition) is 4. The van der Waals surface area contributed by atoms with Crippen LogP contribution in [0.2, 0.25) is 0 Å². The Bertz CT molecular complexity index is 886. The van der Waals surface area contributed by atoms with Crippen molar-refractivity contribution in [3.63, 3.8) is 0 Å². The van der Waals surface area contributed by atoms with Gasteiger partial charge < -0.3 is 10.4 Å².